The third kappa shape index (κ3) is 4.12. The summed E-state index contributed by atoms with van der Waals surface area (Å²) in [6, 6.07) is 15.2. The van der Waals surface area contributed by atoms with Gasteiger partial charge in [-0.05, 0) is 35.4 Å². The molecule has 0 saturated carbocycles. The SMILES string of the molecule is CN(c1ccc(CC(=O)O)cc1)c1ccc(Cc2sc(=O)[nH]c2O)cc1. The molecule has 7 heteroatoms. The number of hydrogen-bond acceptors (Lipinski definition) is 5. The molecular formula is C19H18N2O4S. The van der Waals surface area contributed by atoms with Crippen LogP contribution in [0.1, 0.15) is 16.0 Å². The van der Waals surface area contributed by atoms with E-state index in [9.17, 15) is 14.7 Å². The molecule has 3 aromatic rings. The van der Waals surface area contributed by atoms with Crippen LogP contribution in [0.2, 0.25) is 0 Å². The average molecular weight is 370 g/mol. The maximum atomic E-state index is 11.2. The number of nitrogens with one attached hydrogen (secondary N) is 1. The van der Waals surface area contributed by atoms with Gasteiger partial charge in [0.1, 0.15) is 0 Å². The van der Waals surface area contributed by atoms with Crippen molar-refractivity contribution in [3.05, 3.63) is 74.2 Å². The third-order valence-corrected chi connectivity index (χ3v) is 4.94. The molecular weight excluding hydrogens is 352 g/mol. The van der Waals surface area contributed by atoms with Gasteiger partial charge in [0.05, 0.1) is 11.3 Å². The highest BCUT2D eigenvalue weighted by Gasteiger charge is 2.09. The van der Waals surface area contributed by atoms with E-state index in [0.29, 0.717) is 11.3 Å². The van der Waals surface area contributed by atoms with Crippen molar-refractivity contribution in [1.29, 1.82) is 0 Å². The second-order valence-corrected chi connectivity index (χ2v) is 6.99. The Morgan fingerprint density at radius 3 is 2.04 bits per heavy atom. The van der Waals surface area contributed by atoms with Crippen LogP contribution in [-0.2, 0) is 17.6 Å². The quantitative estimate of drug-likeness (QED) is 0.620. The summed E-state index contributed by atoms with van der Waals surface area (Å²) < 4.78 is 0. The van der Waals surface area contributed by atoms with Crippen molar-refractivity contribution < 1.29 is 15.0 Å². The minimum absolute atomic E-state index is 0.0107. The van der Waals surface area contributed by atoms with Gasteiger partial charge in [-0.3, -0.25) is 14.6 Å². The zero-order chi connectivity index (χ0) is 18.7. The van der Waals surface area contributed by atoms with Gasteiger partial charge in [-0.25, -0.2) is 0 Å². The van der Waals surface area contributed by atoms with Crippen LogP contribution >= 0.6 is 11.3 Å². The Balaban J connectivity index is 1.72. The fourth-order valence-electron chi connectivity index (χ4n) is 2.66. The van der Waals surface area contributed by atoms with Crippen LogP contribution in [0.3, 0.4) is 0 Å². The lowest BCUT2D eigenvalue weighted by atomic mass is 10.1. The van der Waals surface area contributed by atoms with Gasteiger partial charge in [-0.15, -0.1) is 0 Å². The molecule has 0 amide bonds. The van der Waals surface area contributed by atoms with E-state index in [2.05, 4.69) is 4.98 Å². The average Bonchev–Trinajstić information content (AvgIpc) is 2.92. The molecule has 26 heavy (non-hydrogen) atoms. The second-order valence-electron chi connectivity index (χ2n) is 5.93. The first-order valence-corrected chi connectivity index (χ1v) is 8.78. The first-order chi connectivity index (χ1) is 12.4. The van der Waals surface area contributed by atoms with E-state index in [-0.39, 0.29) is 17.2 Å². The molecule has 0 unspecified atom stereocenters. The summed E-state index contributed by atoms with van der Waals surface area (Å²) >= 11 is 1.01. The van der Waals surface area contributed by atoms with Crippen LogP contribution in [0.15, 0.2) is 53.3 Å². The lowest BCUT2D eigenvalue weighted by Crippen LogP contribution is -2.09. The van der Waals surface area contributed by atoms with Gasteiger partial charge in [-0.2, -0.15) is 0 Å². The predicted molar refractivity (Wildman–Crippen MR) is 102 cm³/mol. The number of carboxylic acid groups (broad SMARTS) is 1. The lowest BCUT2D eigenvalue weighted by Gasteiger charge is -2.20. The zero-order valence-corrected chi connectivity index (χ0v) is 14.9. The molecule has 0 bridgehead atoms. The minimum atomic E-state index is -0.847. The van der Waals surface area contributed by atoms with Crippen LogP contribution < -0.4 is 9.77 Å². The number of carboxylic acids is 1. The van der Waals surface area contributed by atoms with Crippen LogP contribution in [0.5, 0.6) is 5.88 Å². The molecule has 3 rings (SSSR count). The molecule has 0 aliphatic heterocycles. The highest BCUT2D eigenvalue weighted by Crippen LogP contribution is 2.26. The van der Waals surface area contributed by atoms with Crippen molar-refractivity contribution in [2.45, 2.75) is 12.8 Å². The molecule has 6 nitrogen and oxygen atoms in total. The molecule has 0 radical (unpaired) electrons. The van der Waals surface area contributed by atoms with Gasteiger partial charge in [0, 0.05) is 24.8 Å². The van der Waals surface area contributed by atoms with Crippen molar-refractivity contribution >= 4 is 28.7 Å². The Labute approximate surface area is 154 Å². The summed E-state index contributed by atoms with van der Waals surface area (Å²) in [7, 11) is 1.94. The summed E-state index contributed by atoms with van der Waals surface area (Å²) in [5.41, 5.74) is 3.68. The number of thiazole rings is 1. The van der Waals surface area contributed by atoms with Gasteiger partial charge in [0.2, 0.25) is 5.88 Å². The predicted octanol–water partition coefficient (Wildman–Crippen LogP) is 3.13. The zero-order valence-electron chi connectivity index (χ0n) is 14.1. The summed E-state index contributed by atoms with van der Waals surface area (Å²) in [6.07, 6.45) is 0.500. The first kappa shape index (κ1) is 17.8. The maximum absolute atomic E-state index is 11.2. The number of aromatic hydroxyl groups is 1. The number of carbonyl (C=O) groups is 1. The number of nitrogens with zero attached hydrogens (tertiary/aromatic N) is 1. The fraction of sp³-hybridized carbons (Fsp3) is 0.158. The Bertz CT molecular complexity index is 958. The number of aliphatic carboxylic acids is 1. The molecule has 0 atom stereocenters. The summed E-state index contributed by atoms with van der Waals surface area (Å²) in [4.78, 5) is 26.7. The highest BCUT2D eigenvalue weighted by atomic mass is 32.1. The molecule has 2 aromatic carbocycles. The molecule has 0 fully saturated rings. The number of anilines is 2. The van der Waals surface area contributed by atoms with E-state index >= 15 is 0 Å². The molecule has 1 aromatic heterocycles. The molecule has 0 aliphatic carbocycles. The van der Waals surface area contributed by atoms with E-state index in [0.717, 1.165) is 33.8 Å². The number of hydrogen-bond donors (Lipinski definition) is 3. The molecule has 0 aliphatic rings. The van der Waals surface area contributed by atoms with E-state index in [1.54, 1.807) is 0 Å². The fourth-order valence-corrected chi connectivity index (χ4v) is 3.41. The van der Waals surface area contributed by atoms with Gasteiger partial charge in [-0.1, -0.05) is 35.6 Å². The molecule has 0 saturated heterocycles. The van der Waals surface area contributed by atoms with E-state index in [4.69, 9.17) is 5.11 Å². The van der Waals surface area contributed by atoms with Crippen LogP contribution in [-0.4, -0.2) is 28.2 Å². The topological polar surface area (TPSA) is 93.6 Å². The summed E-state index contributed by atoms with van der Waals surface area (Å²) in [5.74, 6) is -0.914. The van der Waals surface area contributed by atoms with Crippen LogP contribution in [0.25, 0.3) is 0 Å². The van der Waals surface area contributed by atoms with Crippen molar-refractivity contribution in [1.82, 2.24) is 4.98 Å². The van der Waals surface area contributed by atoms with Gasteiger partial charge >= 0.3 is 10.8 Å². The number of rotatable bonds is 6. The van der Waals surface area contributed by atoms with E-state index in [1.807, 2.05) is 60.5 Å². The summed E-state index contributed by atoms with van der Waals surface area (Å²) in [5, 5.41) is 18.5. The van der Waals surface area contributed by atoms with Gasteiger partial charge < -0.3 is 15.1 Å². The summed E-state index contributed by atoms with van der Waals surface area (Å²) in [6.45, 7) is 0. The van der Waals surface area contributed by atoms with E-state index in [1.165, 1.54) is 0 Å². The Morgan fingerprint density at radius 1 is 1.04 bits per heavy atom. The Kier molecular flexibility index (Phi) is 5.09. The number of benzene rings is 2. The van der Waals surface area contributed by atoms with Crippen molar-refractivity contribution in [2.75, 3.05) is 11.9 Å². The van der Waals surface area contributed by atoms with E-state index < -0.39 is 5.97 Å². The van der Waals surface area contributed by atoms with Crippen LogP contribution in [0.4, 0.5) is 11.4 Å². The standard InChI is InChI=1S/C19H18N2O4S/c1-21(15-8-4-13(5-9-15)11-17(22)23)14-6-2-12(3-7-14)10-16-18(24)20-19(25)26-16/h2-9,24H,10-11H2,1H3,(H,20,25)(H,22,23). The highest BCUT2D eigenvalue weighted by molar-refractivity contribution is 7.09. The largest absolute Gasteiger partial charge is 0.494 e. The second kappa shape index (κ2) is 7.45. The Hall–Kier alpha value is -3.06. The van der Waals surface area contributed by atoms with Crippen molar-refractivity contribution in [3.63, 3.8) is 0 Å². The molecule has 134 valence electrons. The molecule has 0 spiro atoms. The first-order valence-electron chi connectivity index (χ1n) is 7.97. The number of aromatic amines is 1. The monoisotopic (exact) mass is 370 g/mol. The molecule has 3 N–H and O–H groups in total. The van der Waals surface area contributed by atoms with Crippen LogP contribution in [0, 0.1) is 0 Å². The number of aromatic nitrogens is 1. The van der Waals surface area contributed by atoms with Crippen molar-refractivity contribution in [2.24, 2.45) is 0 Å². The van der Waals surface area contributed by atoms with Gasteiger partial charge in [0.15, 0.2) is 0 Å². The van der Waals surface area contributed by atoms with Crippen molar-refractivity contribution in [3.8, 4) is 5.88 Å². The van der Waals surface area contributed by atoms with Gasteiger partial charge in [0.25, 0.3) is 0 Å². The lowest BCUT2D eigenvalue weighted by molar-refractivity contribution is -0.136. The normalized spacial score (nSPS) is 10.7. The third-order valence-electron chi connectivity index (χ3n) is 4.07. The molecule has 1 heterocycles. The smallest absolute Gasteiger partial charge is 0.307 e. The minimum Gasteiger partial charge on any atom is -0.494 e. The maximum Gasteiger partial charge on any atom is 0.307 e. The number of H-pyrrole nitrogens is 1. The Morgan fingerprint density at radius 2 is 1.58 bits per heavy atom.